The van der Waals surface area contributed by atoms with Gasteiger partial charge in [-0.2, -0.15) is 0 Å². The fraction of sp³-hybridized carbons (Fsp3) is 0.294. The number of nitrogens with zero attached hydrogens (tertiary/aromatic N) is 1. The van der Waals surface area contributed by atoms with Crippen molar-refractivity contribution in [3.63, 3.8) is 0 Å². The van der Waals surface area contributed by atoms with Crippen LogP contribution in [0, 0.1) is 0 Å². The molecule has 1 aromatic carbocycles. The molecule has 0 radical (unpaired) electrons. The minimum Gasteiger partial charge on any atom is -0.492 e. The SMILES string of the molecule is O=C(N[C@H]1CC(=O)N(CCOc2ccccc2)C1)c1ccc[nH]1. The third-order valence-corrected chi connectivity index (χ3v) is 3.77. The number of hydrogen-bond acceptors (Lipinski definition) is 3. The van der Waals surface area contributed by atoms with Crippen molar-refractivity contribution in [3.8, 4) is 5.75 Å². The molecule has 1 aliphatic heterocycles. The van der Waals surface area contributed by atoms with Crippen LogP contribution in [0.25, 0.3) is 0 Å². The summed E-state index contributed by atoms with van der Waals surface area (Å²) in [7, 11) is 0. The van der Waals surface area contributed by atoms with Crippen molar-refractivity contribution in [3.05, 3.63) is 54.4 Å². The van der Waals surface area contributed by atoms with E-state index >= 15 is 0 Å². The van der Waals surface area contributed by atoms with Gasteiger partial charge in [0.15, 0.2) is 0 Å². The molecule has 6 nitrogen and oxygen atoms in total. The van der Waals surface area contributed by atoms with Crippen molar-refractivity contribution in [2.75, 3.05) is 19.7 Å². The number of H-pyrrole nitrogens is 1. The van der Waals surface area contributed by atoms with Gasteiger partial charge < -0.3 is 19.9 Å². The van der Waals surface area contributed by atoms with Gasteiger partial charge in [-0.1, -0.05) is 18.2 Å². The minimum absolute atomic E-state index is 0.0402. The number of amides is 2. The monoisotopic (exact) mass is 313 g/mol. The smallest absolute Gasteiger partial charge is 0.267 e. The van der Waals surface area contributed by atoms with E-state index in [1.807, 2.05) is 30.3 Å². The molecule has 3 rings (SSSR count). The summed E-state index contributed by atoms with van der Waals surface area (Å²) in [6, 6.07) is 12.8. The van der Waals surface area contributed by atoms with Crippen LogP contribution in [0.15, 0.2) is 48.7 Å². The normalized spacial score (nSPS) is 17.3. The average molecular weight is 313 g/mol. The molecule has 2 amide bonds. The standard InChI is InChI=1S/C17H19N3O3/c21-16-11-13(19-17(22)15-7-4-8-18-15)12-20(16)9-10-23-14-5-2-1-3-6-14/h1-8,13,18H,9-12H2,(H,19,22)/t13-/m0/s1. The van der Waals surface area contributed by atoms with Gasteiger partial charge in [-0.25, -0.2) is 0 Å². The van der Waals surface area contributed by atoms with Gasteiger partial charge in [-0.05, 0) is 24.3 Å². The molecule has 2 N–H and O–H groups in total. The largest absolute Gasteiger partial charge is 0.492 e. The van der Waals surface area contributed by atoms with E-state index in [-0.39, 0.29) is 17.9 Å². The molecule has 6 heteroatoms. The van der Waals surface area contributed by atoms with Crippen LogP contribution in [-0.2, 0) is 4.79 Å². The molecular formula is C17H19N3O3. The van der Waals surface area contributed by atoms with E-state index in [0.29, 0.717) is 31.8 Å². The molecule has 1 aromatic heterocycles. The predicted molar refractivity (Wildman–Crippen MR) is 85.2 cm³/mol. The summed E-state index contributed by atoms with van der Waals surface area (Å²) in [5, 5.41) is 2.88. The van der Waals surface area contributed by atoms with Gasteiger partial charge >= 0.3 is 0 Å². The Hall–Kier alpha value is -2.76. The summed E-state index contributed by atoms with van der Waals surface area (Å²) in [5.41, 5.74) is 0.503. The van der Waals surface area contributed by atoms with Gasteiger partial charge in [-0.15, -0.1) is 0 Å². The molecule has 0 bridgehead atoms. The fourth-order valence-corrected chi connectivity index (χ4v) is 2.61. The highest BCUT2D eigenvalue weighted by atomic mass is 16.5. The number of likely N-dealkylation sites (tertiary alicyclic amines) is 1. The number of carbonyl (C=O) groups is 2. The van der Waals surface area contributed by atoms with Crippen LogP contribution in [0.2, 0.25) is 0 Å². The van der Waals surface area contributed by atoms with Crippen molar-refractivity contribution in [2.24, 2.45) is 0 Å². The summed E-state index contributed by atoms with van der Waals surface area (Å²) < 4.78 is 5.61. The van der Waals surface area contributed by atoms with Gasteiger partial charge in [-0.3, -0.25) is 9.59 Å². The Morgan fingerprint density at radius 3 is 2.83 bits per heavy atom. The Morgan fingerprint density at radius 1 is 1.26 bits per heavy atom. The lowest BCUT2D eigenvalue weighted by Crippen LogP contribution is -2.38. The van der Waals surface area contributed by atoms with Crippen LogP contribution in [0.1, 0.15) is 16.9 Å². The number of aromatic amines is 1. The van der Waals surface area contributed by atoms with E-state index in [1.165, 1.54) is 0 Å². The number of aromatic nitrogens is 1. The number of hydrogen-bond donors (Lipinski definition) is 2. The van der Waals surface area contributed by atoms with Crippen molar-refractivity contribution in [1.82, 2.24) is 15.2 Å². The zero-order valence-corrected chi connectivity index (χ0v) is 12.7. The van der Waals surface area contributed by atoms with Gasteiger partial charge in [0.25, 0.3) is 5.91 Å². The maximum Gasteiger partial charge on any atom is 0.267 e. The number of nitrogens with one attached hydrogen (secondary N) is 2. The van der Waals surface area contributed by atoms with Gasteiger partial charge in [0.05, 0.1) is 12.6 Å². The van der Waals surface area contributed by atoms with Crippen LogP contribution >= 0.6 is 0 Å². The first-order valence-corrected chi connectivity index (χ1v) is 7.62. The third-order valence-electron chi connectivity index (χ3n) is 3.77. The van der Waals surface area contributed by atoms with Crippen LogP contribution in [0.4, 0.5) is 0 Å². The lowest BCUT2D eigenvalue weighted by molar-refractivity contribution is -0.128. The Bertz CT molecular complexity index is 655. The first-order chi connectivity index (χ1) is 11.2. The van der Waals surface area contributed by atoms with E-state index in [9.17, 15) is 9.59 Å². The van der Waals surface area contributed by atoms with E-state index in [0.717, 1.165) is 5.75 Å². The summed E-state index contributed by atoms with van der Waals surface area (Å²) in [4.78, 5) is 28.6. The molecule has 2 heterocycles. The second-order valence-corrected chi connectivity index (χ2v) is 5.46. The first-order valence-electron chi connectivity index (χ1n) is 7.62. The first kappa shape index (κ1) is 15.1. The van der Waals surface area contributed by atoms with Crippen molar-refractivity contribution in [2.45, 2.75) is 12.5 Å². The minimum atomic E-state index is -0.185. The third kappa shape index (κ3) is 3.91. The highest BCUT2D eigenvalue weighted by molar-refractivity contribution is 5.93. The van der Waals surface area contributed by atoms with Crippen LogP contribution in [0.5, 0.6) is 5.75 Å². The number of carbonyl (C=O) groups excluding carboxylic acids is 2. The maximum absolute atomic E-state index is 12.0. The molecule has 120 valence electrons. The molecule has 23 heavy (non-hydrogen) atoms. The van der Waals surface area contributed by atoms with Crippen LogP contribution < -0.4 is 10.1 Å². The molecule has 2 aromatic rings. The fourth-order valence-electron chi connectivity index (χ4n) is 2.61. The van der Waals surface area contributed by atoms with Crippen LogP contribution in [-0.4, -0.2) is 47.4 Å². The number of benzene rings is 1. The quantitative estimate of drug-likeness (QED) is 0.847. The topological polar surface area (TPSA) is 74.4 Å². The second kappa shape index (κ2) is 7.00. The zero-order chi connectivity index (χ0) is 16.1. The Balaban J connectivity index is 1.45. The molecule has 0 spiro atoms. The van der Waals surface area contributed by atoms with Crippen molar-refractivity contribution < 1.29 is 14.3 Å². The molecular weight excluding hydrogens is 294 g/mol. The molecule has 1 saturated heterocycles. The molecule has 1 fully saturated rings. The number of para-hydroxylation sites is 1. The maximum atomic E-state index is 12.0. The lowest BCUT2D eigenvalue weighted by Gasteiger charge is -2.17. The number of ether oxygens (including phenoxy) is 1. The Morgan fingerprint density at radius 2 is 2.09 bits per heavy atom. The highest BCUT2D eigenvalue weighted by Crippen LogP contribution is 2.13. The van der Waals surface area contributed by atoms with E-state index < -0.39 is 0 Å². The number of rotatable bonds is 6. The Labute approximate surface area is 134 Å². The molecule has 1 aliphatic rings. The van der Waals surface area contributed by atoms with E-state index in [4.69, 9.17) is 4.74 Å². The average Bonchev–Trinajstić information content (AvgIpc) is 3.19. The molecule has 1 atom stereocenters. The summed E-state index contributed by atoms with van der Waals surface area (Å²) in [6.45, 7) is 1.47. The van der Waals surface area contributed by atoms with E-state index in [1.54, 1.807) is 23.2 Å². The molecule has 0 unspecified atom stereocenters. The molecule has 0 saturated carbocycles. The highest BCUT2D eigenvalue weighted by Gasteiger charge is 2.30. The second-order valence-electron chi connectivity index (χ2n) is 5.46. The zero-order valence-electron chi connectivity index (χ0n) is 12.7. The summed E-state index contributed by atoms with van der Waals surface area (Å²) >= 11 is 0. The predicted octanol–water partition coefficient (Wildman–Crippen LogP) is 1.42. The van der Waals surface area contributed by atoms with Gasteiger partial charge in [0.1, 0.15) is 18.1 Å². The van der Waals surface area contributed by atoms with Gasteiger partial charge in [0, 0.05) is 19.2 Å². The lowest BCUT2D eigenvalue weighted by atomic mass is 10.2. The summed E-state index contributed by atoms with van der Waals surface area (Å²) in [5.74, 6) is 0.643. The molecule has 0 aliphatic carbocycles. The van der Waals surface area contributed by atoms with Crippen molar-refractivity contribution >= 4 is 11.8 Å². The van der Waals surface area contributed by atoms with Crippen molar-refractivity contribution in [1.29, 1.82) is 0 Å². The van der Waals surface area contributed by atoms with Crippen LogP contribution in [0.3, 0.4) is 0 Å². The van der Waals surface area contributed by atoms with Gasteiger partial charge in [0.2, 0.25) is 5.91 Å². The Kier molecular flexibility index (Phi) is 4.61. The summed E-state index contributed by atoms with van der Waals surface area (Å²) in [6.07, 6.45) is 2.03. The van der Waals surface area contributed by atoms with E-state index in [2.05, 4.69) is 10.3 Å².